The van der Waals surface area contributed by atoms with Crippen LogP contribution in [0.3, 0.4) is 0 Å². The highest BCUT2D eigenvalue weighted by Gasteiger charge is 2.17. The van der Waals surface area contributed by atoms with Crippen LogP contribution in [0.4, 0.5) is 9.52 Å². The predicted molar refractivity (Wildman–Crippen MR) is 93.0 cm³/mol. The van der Waals surface area contributed by atoms with Crippen LogP contribution in [-0.4, -0.2) is 17.7 Å². The molecule has 0 aliphatic carbocycles. The van der Waals surface area contributed by atoms with Gasteiger partial charge in [0.05, 0.1) is 11.3 Å². The van der Waals surface area contributed by atoms with Gasteiger partial charge in [-0.3, -0.25) is 10.1 Å². The second-order valence-corrected chi connectivity index (χ2v) is 6.48. The monoisotopic (exact) mass is 376 g/mol. The lowest BCUT2D eigenvalue weighted by Crippen LogP contribution is -2.13. The molecule has 8 heteroatoms. The van der Waals surface area contributed by atoms with Crippen molar-refractivity contribution in [2.45, 2.75) is 0 Å². The van der Waals surface area contributed by atoms with Crippen LogP contribution in [0.15, 0.2) is 41.8 Å². The second kappa shape index (κ2) is 6.34. The van der Waals surface area contributed by atoms with Crippen LogP contribution in [0.2, 0.25) is 5.02 Å². The number of fused-ring (bicyclic) bond motifs is 1. The zero-order chi connectivity index (χ0) is 17.4. The van der Waals surface area contributed by atoms with E-state index in [4.69, 9.17) is 21.1 Å². The van der Waals surface area contributed by atoms with Gasteiger partial charge < -0.3 is 9.47 Å². The van der Waals surface area contributed by atoms with Gasteiger partial charge in [0, 0.05) is 16.0 Å². The van der Waals surface area contributed by atoms with Crippen molar-refractivity contribution in [2.75, 3.05) is 12.1 Å². The van der Waals surface area contributed by atoms with Gasteiger partial charge in [-0.05, 0) is 36.4 Å². The van der Waals surface area contributed by atoms with Crippen molar-refractivity contribution in [3.8, 4) is 22.8 Å². The van der Waals surface area contributed by atoms with Crippen LogP contribution < -0.4 is 14.8 Å². The maximum atomic E-state index is 13.8. The van der Waals surface area contributed by atoms with E-state index in [1.165, 1.54) is 23.5 Å². The summed E-state index contributed by atoms with van der Waals surface area (Å²) in [6.07, 6.45) is 0. The molecule has 0 spiro atoms. The summed E-state index contributed by atoms with van der Waals surface area (Å²) in [6.45, 7) is 0.198. The molecule has 0 radical (unpaired) electrons. The molecule has 5 nitrogen and oxygen atoms in total. The number of nitrogens with zero attached hydrogens (tertiary/aromatic N) is 1. The van der Waals surface area contributed by atoms with Gasteiger partial charge in [0.1, 0.15) is 5.82 Å². The van der Waals surface area contributed by atoms with Gasteiger partial charge in [0.15, 0.2) is 16.6 Å². The largest absolute Gasteiger partial charge is 0.454 e. The van der Waals surface area contributed by atoms with Gasteiger partial charge >= 0.3 is 0 Å². The minimum absolute atomic E-state index is 0.0933. The number of carbonyl (C=O) groups excluding carboxylic acids is 1. The summed E-state index contributed by atoms with van der Waals surface area (Å²) in [6, 6.07) is 9.36. The first-order valence-electron chi connectivity index (χ1n) is 7.22. The number of hydrogen-bond acceptors (Lipinski definition) is 5. The van der Waals surface area contributed by atoms with E-state index < -0.39 is 11.7 Å². The van der Waals surface area contributed by atoms with Crippen LogP contribution in [0, 0.1) is 5.82 Å². The summed E-state index contributed by atoms with van der Waals surface area (Å²) in [5.41, 5.74) is 1.41. The number of halogens is 2. The summed E-state index contributed by atoms with van der Waals surface area (Å²) in [5, 5.41) is 4.99. The third kappa shape index (κ3) is 3.16. The standard InChI is InChI=1S/C17H10ClFN2O3S/c18-10-2-3-11(12(19)6-10)16(22)21-17-20-13(7-25-17)9-1-4-14-15(5-9)24-8-23-14/h1-7H,8H2,(H,20,21,22). The maximum Gasteiger partial charge on any atom is 0.260 e. The van der Waals surface area contributed by atoms with Crippen molar-refractivity contribution in [1.82, 2.24) is 4.98 Å². The Labute approximate surface area is 151 Å². The van der Waals surface area contributed by atoms with Crippen molar-refractivity contribution < 1.29 is 18.7 Å². The molecule has 1 aliphatic rings. The molecule has 3 aromatic rings. The van der Waals surface area contributed by atoms with E-state index in [9.17, 15) is 9.18 Å². The number of thiazole rings is 1. The number of aromatic nitrogens is 1. The van der Waals surface area contributed by atoms with Crippen molar-refractivity contribution in [2.24, 2.45) is 0 Å². The minimum atomic E-state index is -0.683. The number of carbonyl (C=O) groups is 1. The Kier molecular flexibility index (Phi) is 4.03. The minimum Gasteiger partial charge on any atom is -0.454 e. The molecule has 0 unspecified atom stereocenters. The number of amides is 1. The number of benzene rings is 2. The Balaban J connectivity index is 1.54. The molecule has 0 bridgehead atoms. The van der Waals surface area contributed by atoms with E-state index >= 15 is 0 Å². The lowest BCUT2D eigenvalue weighted by molar-refractivity contribution is 0.102. The molecule has 126 valence electrons. The molecular weight excluding hydrogens is 367 g/mol. The van der Waals surface area contributed by atoms with Crippen molar-refractivity contribution in [3.63, 3.8) is 0 Å². The Morgan fingerprint density at radius 1 is 1.20 bits per heavy atom. The molecule has 1 aromatic heterocycles. The third-order valence-electron chi connectivity index (χ3n) is 3.57. The molecule has 1 amide bonds. The summed E-state index contributed by atoms with van der Waals surface area (Å²) in [4.78, 5) is 16.5. The van der Waals surface area contributed by atoms with E-state index in [1.54, 1.807) is 11.4 Å². The molecule has 1 N–H and O–H groups in total. The van der Waals surface area contributed by atoms with E-state index in [0.29, 0.717) is 22.3 Å². The van der Waals surface area contributed by atoms with Gasteiger partial charge in [0.2, 0.25) is 6.79 Å². The number of nitrogens with one attached hydrogen (secondary N) is 1. The average Bonchev–Trinajstić information content (AvgIpc) is 3.22. The van der Waals surface area contributed by atoms with E-state index in [0.717, 1.165) is 11.6 Å². The Morgan fingerprint density at radius 3 is 2.88 bits per heavy atom. The summed E-state index contributed by atoms with van der Waals surface area (Å²) in [5.74, 6) is 0.0725. The SMILES string of the molecule is O=C(Nc1nc(-c2ccc3c(c2)OCO3)cs1)c1ccc(Cl)cc1F. The third-order valence-corrected chi connectivity index (χ3v) is 4.56. The fourth-order valence-electron chi connectivity index (χ4n) is 2.36. The first-order valence-corrected chi connectivity index (χ1v) is 8.48. The highest BCUT2D eigenvalue weighted by atomic mass is 35.5. The van der Waals surface area contributed by atoms with Crippen LogP contribution in [-0.2, 0) is 0 Å². The normalized spacial score (nSPS) is 12.2. The lowest BCUT2D eigenvalue weighted by atomic mass is 10.1. The van der Waals surface area contributed by atoms with Crippen molar-refractivity contribution in [3.05, 3.63) is 58.2 Å². The Hall–Kier alpha value is -2.64. The lowest BCUT2D eigenvalue weighted by Gasteiger charge is -2.03. The Morgan fingerprint density at radius 2 is 2.04 bits per heavy atom. The van der Waals surface area contributed by atoms with Crippen LogP contribution in [0.1, 0.15) is 10.4 Å². The summed E-state index contributed by atoms with van der Waals surface area (Å²) in [7, 11) is 0. The smallest absolute Gasteiger partial charge is 0.260 e. The molecule has 1 aliphatic heterocycles. The van der Waals surface area contributed by atoms with Crippen LogP contribution in [0.5, 0.6) is 11.5 Å². The van der Waals surface area contributed by atoms with Crippen LogP contribution >= 0.6 is 22.9 Å². The maximum absolute atomic E-state index is 13.8. The molecule has 0 fully saturated rings. The molecule has 0 atom stereocenters. The predicted octanol–water partition coefficient (Wildman–Crippen LogP) is 4.58. The fraction of sp³-hybridized carbons (Fsp3) is 0.0588. The van der Waals surface area contributed by atoms with Gasteiger partial charge in [0.25, 0.3) is 5.91 Å². The zero-order valence-electron chi connectivity index (χ0n) is 12.6. The summed E-state index contributed by atoms with van der Waals surface area (Å²) >= 11 is 6.94. The first kappa shape index (κ1) is 15.9. The van der Waals surface area contributed by atoms with Crippen LogP contribution in [0.25, 0.3) is 11.3 Å². The highest BCUT2D eigenvalue weighted by molar-refractivity contribution is 7.14. The zero-order valence-corrected chi connectivity index (χ0v) is 14.2. The number of rotatable bonds is 3. The van der Waals surface area contributed by atoms with Crippen molar-refractivity contribution in [1.29, 1.82) is 0 Å². The topological polar surface area (TPSA) is 60.5 Å². The number of hydrogen-bond donors (Lipinski definition) is 1. The molecule has 0 saturated carbocycles. The second-order valence-electron chi connectivity index (χ2n) is 5.18. The molecule has 25 heavy (non-hydrogen) atoms. The molecular formula is C17H10ClFN2O3S. The van der Waals surface area contributed by atoms with Gasteiger partial charge in [-0.2, -0.15) is 0 Å². The Bertz CT molecular complexity index is 976. The van der Waals surface area contributed by atoms with E-state index in [1.807, 2.05) is 12.1 Å². The fourth-order valence-corrected chi connectivity index (χ4v) is 3.23. The quantitative estimate of drug-likeness (QED) is 0.726. The summed E-state index contributed by atoms with van der Waals surface area (Å²) < 4.78 is 24.4. The van der Waals surface area contributed by atoms with Gasteiger partial charge in [-0.15, -0.1) is 11.3 Å². The molecule has 2 aromatic carbocycles. The van der Waals surface area contributed by atoms with Gasteiger partial charge in [-0.25, -0.2) is 9.37 Å². The molecule has 4 rings (SSSR count). The molecule has 0 saturated heterocycles. The number of anilines is 1. The van der Waals surface area contributed by atoms with Crippen molar-refractivity contribution >= 4 is 34.0 Å². The highest BCUT2D eigenvalue weighted by Crippen LogP contribution is 2.36. The number of ether oxygens (including phenoxy) is 2. The van der Waals surface area contributed by atoms with E-state index in [-0.39, 0.29) is 17.4 Å². The van der Waals surface area contributed by atoms with Gasteiger partial charge in [-0.1, -0.05) is 11.6 Å². The average molecular weight is 377 g/mol. The molecule has 2 heterocycles. The first-order chi connectivity index (χ1) is 12.1. The van der Waals surface area contributed by atoms with E-state index in [2.05, 4.69) is 10.3 Å².